The molecule has 0 amide bonds. The fraction of sp³-hybridized carbons (Fsp3) is 0.250. The SMILES string of the molecule is CC(C)(NCc1cc(F)cc2cccnc12)c1ccc2c(c1)OCO2. The Kier molecular flexibility index (Phi) is 3.81. The summed E-state index contributed by atoms with van der Waals surface area (Å²) in [6.07, 6.45) is 1.73. The summed E-state index contributed by atoms with van der Waals surface area (Å²) in [5, 5.41) is 4.30. The summed E-state index contributed by atoms with van der Waals surface area (Å²) in [4.78, 5) is 4.40. The van der Waals surface area contributed by atoms with Gasteiger partial charge in [0.2, 0.25) is 6.79 Å². The molecule has 4 rings (SSSR count). The minimum atomic E-state index is -0.325. The fourth-order valence-electron chi connectivity index (χ4n) is 3.07. The van der Waals surface area contributed by atoms with Crippen LogP contribution in [-0.2, 0) is 12.1 Å². The molecular weight excluding hydrogens is 319 g/mol. The van der Waals surface area contributed by atoms with Gasteiger partial charge in [0, 0.05) is 23.7 Å². The Morgan fingerprint density at radius 1 is 1.12 bits per heavy atom. The molecule has 4 nitrogen and oxygen atoms in total. The largest absolute Gasteiger partial charge is 0.454 e. The fourth-order valence-corrected chi connectivity index (χ4v) is 3.07. The predicted molar refractivity (Wildman–Crippen MR) is 94.1 cm³/mol. The Balaban J connectivity index is 1.60. The van der Waals surface area contributed by atoms with Gasteiger partial charge in [-0.05, 0) is 55.3 Å². The second-order valence-corrected chi connectivity index (χ2v) is 6.69. The quantitative estimate of drug-likeness (QED) is 0.777. The predicted octanol–water partition coefficient (Wildman–Crippen LogP) is 4.13. The summed E-state index contributed by atoms with van der Waals surface area (Å²) >= 11 is 0. The zero-order valence-electron chi connectivity index (χ0n) is 14.2. The number of hydrogen-bond donors (Lipinski definition) is 1. The van der Waals surface area contributed by atoms with Gasteiger partial charge >= 0.3 is 0 Å². The van der Waals surface area contributed by atoms with E-state index in [1.165, 1.54) is 12.1 Å². The van der Waals surface area contributed by atoms with Crippen molar-refractivity contribution in [3.8, 4) is 11.5 Å². The van der Waals surface area contributed by atoms with Crippen LogP contribution in [-0.4, -0.2) is 11.8 Å². The van der Waals surface area contributed by atoms with Gasteiger partial charge in [-0.1, -0.05) is 12.1 Å². The van der Waals surface area contributed by atoms with E-state index in [4.69, 9.17) is 9.47 Å². The molecule has 0 bridgehead atoms. The number of fused-ring (bicyclic) bond motifs is 2. The maximum atomic E-state index is 13.9. The van der Waals surface area contributed by atoms with Gasteiger partial charge in [-0.3, -0.25) is 4.98 Å². The molecule has 1 aliphatic rings. The lowest BCUT2D eigenvalue weighted by Gasteiger charge is -2.27. The summed E-state index contributed by atoms with van der Waals surface area (Å²) in [6, 6.07) is 12.7. The van der Waals surface area contributed by atoms with E-state index >= 15 is 0 Å². The molecule has 128 valence electrons. The van der Waals surface area contributed by atoms with Crippen molar-refractivity contribution in [2.24, 2.45) is 0 Å². The molecular formula is C20H19FN2O2. The van der Waals surface area contributed by atoms with Crippen molar-refractivity contribution < 1.29 is 13.9 Å². The van der Waals surface area contributed by atoms with Crippen LogP contribution < -0.4 is 14.8 Å². The van der Waals surface area contributed by atoms with Gasteiger partial charge in [-0.25, -0.2) is 4.39 Å². The highest BCUT2D eigenvalue weighted by molar-refractivity contribution is 5.81. The van der Waals surface area contributed by atoms with E-state index in [0.29, 0.717) is 6.54 Å². The van der Waals surface area contributed by atoms with Crippen LogP contribution in [0.3, 0.4) is 0 Å². The summed E-state index contributed by atoms with van der Waals surface area (Å²) in [7, 11) is 0. The zero-order valence-corrected chi connectivity index (χ0v) is 14.2. The van der Waals surface area contributed by atoms with Crippen molar-refractivity contribution >= 4 is 10.9 Å². The smallest absolute Gasteiger partial charge is 0.231 e. The van der Waals surface area contributed by atoms with Crippen LogP contribution >= 0.6 is 0 Å². The summed E-state index contributed by atoms with van der Waals surface area (Å²) < 4.78 is 24.7. The average molecular weight is 338 g/mol. The average Bonchev–Trinajstić information content (AvgIpc) is 3.07. The van der Waals surface area contributed by atoms with E-state index in [-0.39, 0.29) is 18.1 Å². The monoisotopic (exact) mass is 338 g/mol. The van der Waals surface area contributed by atoms with E-state index in [1.54, 1.807) is 6.20 Å². The minimum absolute atomic E-state index is 0.252. The highest BCUT2D eigenvalue weighted by Gasteiger charge is 2.23. The van der Waals surface area contributed by atoms with Crippen LogP contribution in [0, 0.1) is 5.82 Å². The molecule has 0 unspecified atom stereocenters. The van der Waals surface area contributed by atoms with Crippen molar-refractivity contribution in [1.82, 2.24) is 10.3 Å². The molecule has 1 N–H and O–H groups in total. The lowest BCUT2D eigenvalue weighted by atomic mass is 9.93. The normalized spacial score (nSPS) is 13.4. The van der Waals surface area contributed by atoms with Crippen molar-refractivity contribution in [3.63, 3.8) is 0 Å². The molecule has 0 spiro atoms. The molecule has 2 aromatic carbocycles. The van der Waals surface area contributed by atoms with Gasteiger partial charge < -0.3 is 14.8 Å². The van der Waals surface area contributed by atoms with Crippen LogP contribution in [0.2, 0.25) is 0 Å². The van der Waals surface area contributed by atoms with Crippen LogP contribution in [0.4, 0.5) is 4.39 Å². The standard InChI is InChI=1S/C20H19FN2O2/c1-20(2,15-5-6-17-18(10-15)25-12-24-17)23-11-14-9-16(21)8-13-4-3-7-22-19(13)14/h3-10,23H,11-12H2,1-2H3. The first-order valence-corrected chi connectivity index (χ1v) is 8.21. The van der Waals surface area contributed by atoms with Crippen LogP contribution in [0.15, 0.2) is 48.7 Å². The summed E-state index contributed by atoms with van der Waals surface area (Å²) in [6.45, 7) is 4.93. The number of pyridine rings is 1. The molecule has 3 aromatic rings. The number of halogens is 1. The van der Waals surface area contributed by atoms with Crippen LogP contribution in [0.5, 0.6) is 11.5 Å². The first kappa shape index (κ1) is 15.8. The number of ether oxygens (including phenoxy) is 2. The van der Waals surface area contributed by atoms with Crippen LogP contribution in [0.25, 0.3) is 10.9 Å². The molecule has 0 fully saturated rings. The first-order chi connectivity index (χ1) is 12.0. The second kappa shape index (κ2) is 6.01. The maximum absolute atomic E-state index is 13.9. The molecule has 0 saturated heterocycles. The molecule has 0 radical (unpaired) electrons. The molecule has 1 aromatic heterocycles. The van der Waals surface area contributed by atoms with E-state index in [2.05, 4.69) is 24.1 Å². The molecule has 0 saturated carbocycles. The van der Waals surface area contributed by atoms with E-state index < -0.39 is 0 Å². The summed E-state index contributed by atoms with van der Waals surface area (Å²) in [5.74, 6) is 1.27. The molecule has 0 aliphatic carbocycles. The van der Waals surface area contributed by atoms with E-state index in [1.807, 2.05) is 30.3 Å². The van der Waals surface area contributed by atoms with E-state index in [0.717, 1.165) is 33.5 Å². The van der Waals surface area contributed by atoms with Crippen molar-refractivity contribution in [2.45, 2.75) is 25.9 Å². The van der Waals surface area contributed by atoms with Crippen molar-refractivity contribution in [1.29, 1.82) is 0 Å². The maximum Gasteiger partial charge on any atom is 0.231 e. The highest BCUT2D eigenvalue weighted by Crippen LogP contribution is 2.35. The van der Waals surface area contributed by atoms with Gasteiger partial charge in [0.25, 0.3) is 0 Å². The van der Waals surface area contributed by atoms with Gasteiger partial charge in [0.1, 0.15) is 5.82 Å². The molecule has 2 heterocycles. The third-order valence-corrected chi connectivity index (χ3v) is 4.56. The number of benzene rings is 2. The Hall–Kier alpha value is -2.66. The number of hydrogen-bond acceptors (Lipinski definition) is 4. The number of aromatic nitrogens is 1. The second-order valence-electron chi connectivity index (χ2n) is 6.69. The lowest BCUT2D eigenvalue weighted by molar-refractivity contribution is 0.174. The lowest BCUT2D eigenvalue weighted by Crippen LogP contribution is -2.36. The Morgan fingerprint density at radius 2 is 1.96 bits per heavy atom. The van der Waals surface area contributed by atoms with Crippen molar-refractivity contribution in [2.75, 3.05) is 6.79 Å². The topological polar surface area (TPSA) is 43.4 Å². The zero-order chi connectivity index (χ0) is 17.4. The number of nitrogens with one attached hydrogen (secondary N) is 1. The molecule has 0 atom stereocenters. The first-order valence-electron chi connectivity index (χ1n) is 8.21. The molecule has 5 heteroatoms. The summed E-state index contributed by atoms with van der Waals surface area (Å²) in [5.41, 5.74) is 2.40. The third-order valence-electron chi connectivity index (χ3n) is 4.56. The van der Waals surface area contributed by atoms with Gasteiger partial charge in [0.05, 0.1) is 5.52 Å². The minimum Gasteiger partial charge on any atom is -0.454 e. The van der Waals surface area contributed by atoms with Crippen molar-refractivity contribution in [3.05, 3.63) is 65.6 Å². The number of nitrogens with zero attached hydrogens (tertiary/aromatic N) is 1. The van der Waals surface area contributed by atoms with Gasteiger partial charge in [-0.15, -0.1) is 0 Å². The van der Waals surface area contributed by atoms with Gasteiger partial charge in [0.15, 0.2) is 11.5 Å². The molecule has 25 heavy (non-hydrogen) atoms. The Bertz CT molecular complexity index is 940. The van der Waals surface area contributed by atoms with Gasteiger partial charge in [-0.2, -0.15) is 0 Å². The Labute approximate surface area is 145 Å². The number of rotatable bonds is 4. The highest BCUT2D eigenvalue weighted by atomic mass is 19.1. The van der Waals surface area contributed by atoms with Crippen LogP contribution in [0.1, 0.15) is 25.0 Å². The molecule has 1 aliphatic heterocycles. The Morgan fingerprint density at radius 3 is 2.84 bits per heavy atom. The third kappa shape index (κ3) is 3.03. The van der Waals surface area contributed by atoms with E-state index in [9.17, 15) is 4.39 Å².